The normalized spacial score (nSPS) is 37.6. The molecule has 4 N–H and O–H groups in total. The molecule has 11 heteroatoms. The van der Waals surface area contributed by atoms with Crippen molar-refractivity contribution in [2.24, 2.45) is 0 Å². The number of nitrogens with one attached hydrogen (secondary N) is 1. The van der Waals surface area contributed by atoms with Crippen LogP contribution in [0.3, 0.4) is 0 Å². The summed E-state index contributed by atoms with van der Waals surface area (Å²) in [5.74, 6) is 0. The molecule has 3 rings (SSSR count). The Morgan fingerprint density at radius 1 is 1.48 bits per heavy atom. The first kappa shape index (κ1) is 20.6. The molecule has 2 aliphatic rings. The molecule has 0 aromatic carbocycles. The molecule has 1 aromatic heterocycles. The highest BCUT2D eigenvalue weighted by molar-refractivity contribution is 7.54. The van der Waals surface area contributed by atoms with E-state index in [-0.39, 0.29) is 18.7 Å². The molecule has 0 spiro atoms. The van der Waals surface area contributed by atoms with Crippen LogP contribution < -0.4 is 5.56 Å². The van der Waals surface area contributed by atoms with Gasteiger partial charge >= 0.3 is 7.60 Å². The monoisotopic (exact) mass is 404 g/mol. The second-order valence-corrected chi connectivity index (χ2v) is 9.66. The number of nitrogens with zero attached hydrogens (tertiary/aromatic N) is 1. The Morgan fingerprint density at radius 2 is 2.15 bits per heavy atom. The minimum atomic E-state index is -4.05. The van der Waals surface area contributed by atoms with Gasteiger partial charge in [-0.05, 0) is 20.3 Å². The smallest absolute Gasteiger partial charge is 0.362 e. The summed E-state index contributed by atoms with van der Waals surface area (Å²) in [6, 6.07) is 0. The van der Waals surface area contributed by atoms with Crippen LogP contribution in [0.2, 0.25) is 0 Å². The Morgan fingerprint density at radius 3 is 2.67 bits per heavy atom. The third-order valence-electron chi connectivity index (χ3n) is 5.23. The molecule has 1 aromatic rings. The van der Waals surface area contributed by atoms with E-state index in [1.54, 1.807) is 13.8 Å². The van der Waals surface area contributed by atoms with Crippen LogP contribution >= 0.6 is 7.60 Å². The van der Waals surface area contributed by atoms with Gasteiger partial charge in [-0.2, -0.15) is 0 Å². The topological polar surface area (TPSA) is 154 Å². The quantitative estimate of drug-likeness (QED) is 0.374. The molecule has 0 saturated carbocycles. The zero-order valence-electron chi connectivity index (χ0n) is 15.4. The fourth-order valence-electron chi connectivity index (χ4n) is 3.00. The number of ether oxygens (including phenoxy) is 2. The summed E-state index contributed by atoms with van der Waals surface area (Å²) in [5.41, 5.74) is -1.21. The van der Waals surface area contributed by atoms with E-state index in [4.69, 9.17) is 14.0 Å². The molecular weight excluding hydrogens is 379 g/mol. The van der Waals surface area contributed by atoms with Crippen molar-refractivity contribution in [1.82, 2.24) is 9.97 Å². The van der Waals surface area contributed by atoms with Gasteiger partial charge in [0, 0.05) is 12.6 Å². The molecule has 7 unspecified atom stereocenters. The Labute approximate surface area is 156 Å². The zero-order chi connectivity index (χ0) is 20.0. The molecule has 0 amide bonds. The first-order valence-electron chi connectivity index (χ1n) is 8.74. The Balaban J connectivity index is 1.74. The van der Waals surface area contributed by atoms with Crippen molar-refractivity contribution >= 4 is 7.60 Å². The maximum Gasteiger partial charge on any atom is 0.362 e. The second kappa shape index (κ2) is 7.04. The van der Waals surface area contributed by atoms with Gasteiger partial charge in [-0.25, -0.2) is 0 Å². The van der Waals surface area contributed by atoms with E-state index in [1.165, 1.54) is 13.1 Å². The van der Waals surface area contributed by atoms with Gasteiger partial charge in [-0.1, -0.05) is 6.92 Å². The minimum absolute atomic E-state index is 0.0716. The Bertz CT molecular complexity index is 776. The van der Waals surface area contributed by atoms with E-state index in [2.05, 4.69) is 9.97 Å². The molecule has 0 aliphatic carbocycles. The lowest BCUT2D eigenvalue weighted by molar-refractivity contribution is -0.0488. The lowest BCUT2D eigenvalue weighted by Crippen LogP contribution is -2.39. The van der Waals surface area contributed by atoms with Crippen molar-refractivity contribution < 1.29 is 33.7 Å². The lowest BCUT2D eigenvalue weighted by atomic mass is 9.92. The third kappa shape index (κ3) is 4.02. The summed E-state index contributed by atoms with van der Waals surface area (Å²) >= 11 is 0. The maximum absolute atomic E-state index is 12.5. The van der Waals surface area contributed by atoms with Gasteiger partial charge in [-0.15, -0.1) is 0 Å². The van der Waals surface area contributed by atoms with Crippen LogP contribution in [-0.2, 0) is 18.6 Å². The van der Waals surface area contributed by atoms with Crippen molar-refractivity contribution in [1.29, 1.82) is 0 Å². The first-order chi connectivity index (χ1) is 12.5. The van der Waals surface area contributed by atoms with Gasteiger partial charge in [-0.3, -0.25) is 14.3 Å². The number of rotatable bonds is 7. The molecule has 10 nitrogen and oxygen atoms in total. The van der Waals surface area contributed by atoms with Crippen molar-refractivity contribution in [3.63, 3.8) is 0 Å². The summed E-state index contributed by atoms with van der Waals surface area (Å²) in [4.78, 5) is 27.8. The van der Waals surface area contributed by atoms with Crippen LogP contribution in [0, 0.1) is 0 Å². The van der Waals surface area contributed by atoms with Gasteiger partial charge in [0.05, 0.1) is 30.2 Å². The summed E-state index contributed by atoms with van der Waals surface area (Å²) in [5, 5.41) is 19.5. The van der Waals surface area contributed by atoms with Crippen molar-refractivity contribution in [2.75, 3.05) is 6.61 Å². The SMILES string of the molecule is CCC(C)(CC1OC(c2c[nH]c(=O)cn2)C(O)C1O)OP(=O)(O)C1(C)CO1. The molecule has 152 valence electrons. The van der Waals surface area contributed by atoms with Crippen molar-refractivity contribution in [2.45, 2.75) is 69.0 Å². The van der Waals surface area contributed by atoms with E-state index in [9.17, 15) is 24.5 Å². The van der Waals surface area contributed by atoms with Gasteiger partial charge in [0.2, 0.25) is 0 Å². The van der Waals surface area contributed by atoms with E-state index in [0.717, 1.165) is 6.20 Å². The number of aliphatic hydroxyl groups is 2. The van der Waals surface area contributed by atoms with Crippen molar-refractivity contribution in [3.8, 4) is 0 Å². The van der Waals surface area contributed by atoms with E-state index < -0.39 is 48.5 Å². The van der Waals surface area contributed by atoms with Gasteiger partial charge < -0.3 is 34.1 Å². The largest absolute Gasteiger partial charge is 0.388 e. The summed E-state index contributed by atoms with van der Waals surface area (Å²) in [6.07, 6.45) is -1.48. The summed E-state index contributed by atoms with van der Waals surface area (Å²) < 4.78 is 28.9. The second-order valence-electron chi connectivity index (χ2n) is 7.50. The van der Waals surface area contributed by atoms with Crippen LogP contribution in [0.1, 0.15) is 45.4 Å². The minimum Gasteiger partial charge on any atom is -0.388 e. The highest BCUT2D eigenvalue weighted by atomic mass is 31.2. The molecule has 0 bridgehead atoms. The fourth-order valence-corrected chi connectivity index (χ4v) is 4.39. The Kier molecular flexibility index (Phi) is 5.37. The average Bonchev–Trinajstić information content (AvgIpc) is 3.31. The number of hydrogen-bond donors (Lipinski definition) is 4. The summed E-state index contributed by atoms with van der Waals surface area (Å²) in [7, 11) is -4.05. The molecule has 2 saturated heterocycles. The first-order valence-corrected chi connectivity index (χ1v) is 10.3. The zero-order valence-corrected chi connectivity index (χ0v) is 16.3. The molecule has 0 radical (unpaired) electrons. The highest BCUT2D eigenvalue weighted by Crippen LogP contribution is 2.65. The average molecular weight is 404 g/mol. The highest BCUT2D eigenvalue weighted by Gasteiger charge is 2.59. The fraction of sp³-hybridized carbons (Fsp3) is 0.750. The number of hydrogen-bond acceptors (Lipinski definition) is 8. The number of epoxide rings is 1. The number of aromatic nitrogens is 2. The van der Waals surface area contributed by atoms with Crippen LogP contribution in [0.25, 0.3) is 0 Å². The predicted molar refractivity (Wildman–Crippen MR) is 93.1 cm³/mol. The molecule has 7 atom stereocenters. The third-order valence-corrected chi connectivity index (χ3v) is 7.37. The number of aromatic amines is 1. The molecule has 3 heterocycles. The molecular formula is C16H25N2O8P. The summed E-state index contributed by atoms with van der Waals surface area (Å²) in [6.45, 7) is 5.08. The van der Waals surface area contributed by atoms with Gasteiger partial charge in [0.15, 0.2) is 5.34 Å². The lowest BCUT2D eigenvalue weighted by Gasteiger charge is -2.34. The molecule has 27 heavy (non-hydrogen) atoms. The van der Waals surface area contributed by atoms with Gasteiger partial charge in [0.25, 0.3) is 5.56 Å². The van der Waals surface area contributed by atoms with E-state index in [0.29, 0.717) is 6.42 Å². The van der Waals surface area contributed by atoms with Crippen LogP contribution in [0.5, 0.6) is 0 Å². The van der Waals surface area contributed by atoms with E-state index >= 15 is 0 Å². The van der Waals surface area contributed by atoms with Crippen LogP contribution in [0.15, 0.2) is 17.2 Å². The van der Waals surface area contributed by atoms with Crippen molar-refractivity contribution in [3.05, 3.63) is 28.4 Å². The van der Waals surface area contributed by atoms with E-state index in [1.807, 2.05) is 0 Å². The number of aliphatic hydroxyl groups excluding tert-OH is 2. The molecule has 2 fully saturated rings. The number of H-pyrrole nitrogens is 1. The standard InChI is InChI=1S/C16H25N2O8P/c1-4-15(2,26-27(22,23)16(3)8-24-16)5-10-12(20)13(21)14(25-10)9-6-18-11(19)7-17-9/h6-7,10,12-14,20-21H,4-5,8H2,1-3H3,(H,18,19)(H,22,23). The maximum atomic E-state index is 12.5. The van der Waals surface area contributed by atoms with Gasteiger partial charge in [0.1, 0.15) is 18.3 Å². The predicted octanol–water partition coefficient (Wildman–Crippen LogP) is 0.439. The Hall–Kier alpha value is -1.13. The van der Waals surface area contributed by atoms with Crippen LogP contribution in [0.4, 0.5) is 0 Å². The molecule has 2 aliphatic heterocycles. The van der Waals surface area contributed by atoms with Crippen LogP contribution in [-0.4, -0.2) is 60.9 Å².